The second kappa shape index (κ2) is 7.74. The first-order chi connectivity index (χ1) is 11.7. The zero-order chi connectivity index (χ0) is 16.9. The molecule has 1 aliphatic heterocycles. The van der Waals surface area contributed by atoms with Crippen molar-refractivity contribution < 1.29 is 14.3 Å². The van der Waals surface area contributed by atoms with Crippen molar-refractivity contribution in [1.29, 1.82) is 0 Å². The summed E-state index contributed by atoms with van der Waals surface area (Å²) in [6.07, 6.45) is 0. The third-order valence-corrected chi connectivity index (χ3v) is 4.85. The van der Waals surface area contributed by atoms with Crippen molar-refractivity contribution in [1.82, 2.24) is 9.88 Å². The summed E-state index contributed by atoms with van der Waals surface area (Å²) in [7, 11) is 1.64. The summed E-state index contributed by atoms with van der Waals surface area (Å²) < 4.78 is 10.5. The minimum atomic E-state index is -0.192. The minimum Gasteiger partial charge on any atom is -0.497 e. The van der Waals surface area contributed by atoms with Crippen molar-refractivity contribution in [3.05, 3.63) is 29.6 Å². The lowest BCUT2D eigenvalue weighted by Gasteiger charge is -2.31. The van der Waals surface area contributed by atoms with E-state index in [-0.39, 0.29) is 11.9 Å². The second-order valence-electron chi connectivity index (χ2n) is 5.58. The Kier molecular flexibility index (Phi) is 5.44. The Morgan fingerprint density at radius 3 is 2.71 bits per heavy atom. The Morgan fingerprint density at radius 2 is 2.04 bits per heavy atom. The highest BCUT2D eigenvalue weighted by Gasteiger charge is 2.23. The van der Waals surface area contributed by atoms with Crippen LogP contribution in [-0.2, 0) is 9.53 Å². The molecule has 1 fully saturated rings. The predicted octanol–water partition coefficient (Wildman–Crippen LogP) is 2.48. The van der Waals surface area contributed by atoms with E-state index in [1.54, 1.807) is 7.11 Å². The number of hydrogen-bond acceptors (Lipinski definition) is 6. The first kappa shape index (κ1) is 16.9. The van der Waals surface area contributed by atoms with E-state index in [0.29, 0.717) is 18.3 Å². The van der Waals surface area contributed by atoms with E-state index in [2.05, 4.69) is 15.2 Å². The van der Waals surface area contributed by atoms with E-state index in [4.69, 9.17) is 9.47 Å². The largest absolute Gasteiger partial charge is 0.497 e. The van der Waals surface area contributed by atoms with E-state index < -0.39 is 0 Å². The molecule has 0 bridgehead atoms. The molecule has 1 aliphatic rings. The number of nitrogens with zero attached hydrogens (tertiary/aromatic N) is 2. The van der Waals surface area contributed by atoms with Gasteiger partial charge >= 0.3 is 0 Å². The van der Waals surface area contributed by atoms with Gasteiger partial charge in [0.2, 0.25) is 5.91 Å². The molecule has 0 spiro atoms. The molecular weight excluding hydrogens is 326 g/mol. The standard InChI is InChI=1S/C17H21N3O3S/c1-12(20-7-9-23-10-8-20)16(21)19-17-18-15(11-24-17)13-3-5-14(22-2)6-4-13/h3-6,11-12H,7-10H2,1-2H3,(H,18,19,21). The molecule has 3 rings (SSSR count). The fourth-order valence-electron chi connectivity index (χ4n) is 2.57. The quantitative estimate of drug-likeness (QED) is 0.900. The fraction of sp³-hybridized carbons (Fsp3) is 0.412. The number of hydrogen-bond donors (Lipinski definition) is 1. The molecular formula is C17H21N3O3S. The molecule has 1 unspecified atom stereocenters. The fourth-order valence-corrected chi connectivity index (χ4v) is 3.29. The summed E-state index contributed by atoms with van der Waals surface area (Å²) in [5, 5.41) is 5.47. The van der Waals surface area contributed by atoms with Gasteiger partial charge in [-0.3, -0.25) is 9.69 Å². The molecule has 7 heteroatoms. The van der Waals surface area contributed by atoms with E-state index in [1.165, 1.54) is 11.3 Å². The number of benzene rings is 1. The number of carbonyl (C=O) groups excluding carboxylic acids is 1. The third kappa shape index (κ3) is 3.92. The molecule has 128 valence electrons. The normalized spacial score (nSPS) is 16.6. The van der Waals surface area contributed by atoms with Crippen LogP contribution in [0.4, 0.5) is 5.13 Å². The van der Waals surface area contributed by atoms with Crippen LogP contribution < -0.4 is 10.1 Å². The predicted molar refractivity (Wildman–Crippen MR) is 94.6 cm³/mol. The molecule has 6 nitrogen and oxygen atoms in total. The highest BCUT2D eigenvalue weighted by molar-refractivity contribution is 7.14. The van der Waals surface area contributed by atoms with Crippen molar-refractivity contribution in [3.63, 3.8) is 0 Å². The van der Waals surface area contributed by atoms with Gasteiger partial charge in [-0.2, -0.15) is 0 Å². The van der Waals surface area contributed by atoms with Crippen molar-refractivity contribution >= 4 is 22.4 Å². The van der Waals surface area contributed by atoms with Crippen molar-refractivity contribution in [2.75, 3.05) is 38.7 Å². The number of thiazole rings is 1. The molecule has 0 aliphatic carbocycles. The summed E-state index contributed by atoms with van der Waals surface area (Å²) >= 11 is 1.43. The second-order valence-corrected chi connectivity index (χ2v) is 6.44. The number of morpholine rings is 1. The summed E-state index contributed by atoms with van der Waals surface area (Å²) in [6.45, 7) is 4.83. The van der Waals surface area contributed by atoms with E-state index in [9.17, 15) is 4.79 Å². The van der Waals surface area contributed by atoms with Crippen LogP contribution in [0.25, 0.3) is 11.3 Å². The van der Waals surface area contributed by atoms with Gasteiger partial charge in [0.15, 0.2) is 5.13 Å². The van der Waals surface area contributed by atoms with Crippen LogP contribution in [0.5, 0.6) is 5.75 Å². The Morgan fingerprint density at radius 1 is 1.33 bits per heavy atom. The Balaban J connectivity index is 1.63. The molecule has 2 aromatic rings. The van der Waals surface area contributed by atoms with Crippen molar-refractivity contribution in [2.45, 2.75) is 13.0 Å². The number of amides is 1. The molecule has 0 saturated carbocycles. The van der Waals surface area contributed by atoms with Crippen LogP contribution in [-0.4, -0.2) is 55.2 Å². The SMILES string of the molecule is COc1ccc(-c2csc(NC(=O)C(C)N3CCOCC3)n2)cc1. The molecule has 24 heavy (non-hydrogen) atoms. The van der Waals surface area contributed by atoms with Gasteiger partial charge in [0.1, 0.15) is 5.75 Å². The van der Waals surface area contributed by atoms with Crippen LogP contribution in [0, 0.1) is 0 Å². The van der Waals surface area contributed by atoms with Crippen LogP contribution >= 0.6 is 11.3 Å². The van der Waals surface area contributed by atoms with Crippen molar-refractivity contribution in [3.8, 4) is 17.0 Å². The van der Waals surface area contributed by atoms with Gasteiger partial charge in [0.05, 0.1) is 32.1 Å². The van der Waals surface area contributed by atoms with E-state index in [0.717, 1.165) is 30.1 Å². The van der Waals surface area contributed by atoms with Gasteiger partial charge in [-0.05, 0) is 31.2 Å². The first-order valence-electron chi connectivity index (χ1n) is 7.90. The molecule has 1 atom stereocenters. The summed E-state index contributed by atoms with van der Waals surface area (Å²) in [6, 6.07) is 7.51. The maximum absolute atomic E-state index is 12.4. The number of ether oxygens (including phenoxy) is 2. The van der Waals surface area contributed by atoms with Crippen LogP contribution in [0.1, 0.15) is 6.92 Å². The molecule has 0 radical (unpaired) electrons. The Hall–Kier alpha value is -1.96. The summed E-state index contributed by atoms with van der Waals surface area (Å²) in [5.74, 6) is 0.773. The number of nitrogens with one attached hydrogen (secondary N) is 1. The van der Waals surface area contributed by atoms with Gasteiger partial charge < -0.3 is 14.8 Å². The van der Waals surface area contributed by atoms with Crippen LogP contribution in [0.2, 0.25) is 0 Å². The van der Waals surface area contributed by atoms with Gasteiger partial charge in [-0.15, -0.1) is 11.3 Å². The van der Waals surface area contributed by atoms with Gasteiger partial charge in [0, 0.05) is 24.0 Å². The van der Waals surface area contributed by atoms with Crippen LogP contribution in [0.3, 0.4) is 0 Å². The average molecular weight is 347 g/mol. The lowest BCUT2D eigenvalue weighted by Crippen LogP contribution is -2.47. The smallest absolute Gasteiger partial charge is 0.243 e. The molecule has 1 N–H and O–H groups in total. The van der Waals surface area contributed by atoms with Crippen molar-refractivity contribution in [2.24, 2.45) is 0 Å². The molecule has 1 aromatic carbocycles. The highest BCUT2D eigenvalue weighted by Crippen LogP contribution is 2.26. The maximum atomic E-state index is 12.4. The molecule has 1 amide bonds. The van der Waals surface area contributed by atoms with Gasteiger partial charge in [-0.1, -0.05) is 0 Å². The zero-order valence-electron chi connectivity index (χ0n) is 13.8. The topological polar surface area (TPSA) is 63.7 Å². The minimum absolute atomic E-state index is 0.0347. The van der Waals surface area contributed by atoms with Crippen LogP contribution in [0.15, 0.2) is 29.6 Å². The number of rotatable bonds is 5. The molecule has 1 aromatic heterocycles. The lowest BCUT2D eigenvalue weighted by molar-refractivity contribution is -0.122. The average Bonchev–Trinajstić information content (AvgIpc) is 3.10. The maximum Gasteiger partial charge on any atom is 0.243 e. The van der Waals surface area contributed by atoms with Gasteiger partial charge in [-0.25, -0.2) is 4.98 Å². The summed E-state index contributed by atoms with van der Waals surface area (Å²) in [5.41, 5.74) is 1.84. The first-order valence-corrected chi connectivity index (χ1v) is 8.78. The Bertz CT molecular complexity index is 681. The zero-order valence-corrected chi connectivity index (χ0v) is 14.6. The number of methoxy groups -OCH3 is 1. The third-order valence-electron chi connectivity index (χ3n) is 4.09. The lowest BCUT2D eigenvalue weighted by atomic mass is 10.2. The highest BCUT2D eigenvalue weighted by atomic mass is 32.1. The monoisotopic (exact) mass is 347 g/mol. The van der Waals surface area contributed by atoms with Gasteiger partial charge in [0.25, 0.3) is 0 Å². The Labute approximate surface area is 145 Å². The van der Waals surface area contributed by atoms with E-state index in [1.807, 2.05) is 36.6 Å². The number of carbonyl (C=O) groups is 1. The molecule has 1 saturated heterocycles. The molecule has 2 heterocycles. The number of anilines is 1. The number of aromatic nitrogens is 1. The van der Waals surface area contributed by atoms with E-state index >= 15 is 0 Å². The summed E-state index contributed by atoms with van der Waals surface area (Å²) in [4.78, 5) is 19.0.